The molecule has 1 N–H and O–H groups in total. The molecule has 0 saturated heterocycles. The molecule has 2 aromatic carbocycles. The second-order valence-corrected chi connectivity index (χ2v) is 9.98. The summed E-state index contributed by atoms with van der Waals surface area (Å²) in [7, 11) is 0. The summed E-state index contributed by atoms with van der Waals surface area (Å²) in [5, 5.41) is 15.2. The Morgan fingerprint density at radius 1 is 1.06 bits per heavy atom. The van der Waals surface area contributed by atoms with Crippen molar-refractivity contribution in [3.63, 3.8) is 0 Å². The van der Waals surface area contributed by atoms with Crippen molar-refractivity contribution in [1.29, 1.82) is 5.26 Å². The summed E-state index contributed by atoms with van der Waals surface area (Å²) in [6.07, 6.45) is 5.22. The van der Waals surface area contributed by atoms with Crippen LogP contribution in [0.5, 0.6) is 0 Å². The number of hydrogen-bond donors (Lipinski definition) is 1. The number of pyridine rings is 1. The van der Waals surface area contributed by atoms with Crippen LogP contribution in [0.3, 0.4) is 0 Å². The average molecular weight is 492 g/mol. The molecule has 33 heavy (non-hydrogen) atoms. The van der Waals surface area contributed by atoms with Gasteiger partial charge in [0.2, 0.25) is 0 Å². The summed E-state index contributed by atoms with van der Waals surface area (Å²) in [5.41, 5.74) is 4.15. The van der Waals surface area contributed by atoms with Crippen LogP contribution in [0.4, 0.5) is 5.00 Å². The summed E-state index contributed by atoms with van der Waals surface area (Å²) >= 11 is 14.0. The first-order chi connectivity index (χ1) is 16.0. The van der Waals surface area contributed by atoms with E-state index in [2.05, 4.69) is 11.4 Å². The van der Waals surface area contributed by atoms with Gasteiger partial charge in [-0.15, -0.1) is 11.3 Å². The van der Waals surface area contributed by atoms with E-state index >= 15 is 0 Å². The molecule has 0 atom stereocenters. The second-order valence-electron chi connectivity index (χ2n) is 8.03. The highest BCUT2D eigenvalue weighted by molar-refractivity contribution is 7.16. The van der Waals surface area contributed by atoms with Crippen LogP contribution < -0.4 is 5.32 Å². The number of carbonyl (C=O) groups is 1. The number of fused-ring (bicyclic) bond motifs is 2. The highest BCUT2D eigenvalue weighted by Crippen LogP contribution is 2.38. The number of hydrogen-bond acceptors (Lipinski definition) is 4. The van der Waals surface area contributed by atoms with Crippen LogP contribution in [-0.4, -0.2) is 10.9 Å². The maximum absolute atomic E-state index is 13.5. The lowest BCUT2D eigenvalue weighted by Crippen LogP contribution is -2.13. The van der Waals surface area contributed by atoms with Crippen molar-refractivity contribution in [1.82, 2.24) is 4.98 Å². The summed E-state index contributed by atoms with van der Waals surface area (Å²) in [6.45, 7) is 0. The third kappa shape index (κ3) is 4.22. The molecule has 4 nitrogen and oxygen atoms in total. The van der Waals surface area contributed by atoms with Gasteiger partial charge in [0.15, 0.2) is 0 Å². The van der Waals surface area contributed by atoms with E-state index in [1.807, 2.05) is 24.3 Å². The molecule has 1 amide bonds. The van der Waals surface area contributed by atoms with E-state index < -0.39 is 0 Å². The maximum Gasteiger partial charge on any atom is 0.257 e. The van der Waals surface area contributed by atoms with Crippen LogP contribution in [0, 0.1) is 11.3 Å². The minimum Gasteiger partial charge on any atom is -0.312 e. The summed E-state index contributed by atoms with van der Waals surface area (Å²) in [6, 6.07) is 16.8. The average Bonchev–Trinajstić information content (AvgIpc) is 2.96. The Morgan fingerprint density at radius 2 is 1.88 bits per heavy atom. The lowest BCUT2D eigenvalue weighted by Gasteiger charge is -2.11. The van der Waals surface area contributed by atoms with Crippen LogP contribution >= 0.6 is 34.5 Å². The van der Waals surface area contributed by atoms with Gasteiger partial charge in [-0.05, 0) is 61.6 Å². The van der Waals surface area contributed by atoms with E-state index in [-0.39, 0.29) is 5.91 Å². The number of nitrogens with one attached hydrogen (secondary N) is 1. The Kier molecular flexibility index (Phi) is 6.07. The van der Waals surface area contributed by atoms with Crippen LogP contribution in [0.25, 0.3) is 22.2 Å². The molecule has 0 radical (unpaired) electrons. The van der Waals surface area contributed by atoms with E-state index in [0.717, 1.165) is 36.6 Å². The van der Waals surface area contributed by atoms with Gasteiger partial charge >= 0.3 is 0 Å². The van der Waals surface area contributed by atoms with E-state index in [1.54, 1.807) is 24.3 Å². The molecule has 5 rings (SSSR count). The second kappa shape index (κ2) is 9.15. The fraction of sp³-hybridized carbons (Fsp3) is 0.192. The number of carbonyl (C=O) groups excluding carboxylic acids is 1. The predicted molar refractivity (Wildman–Crippen MR) is 135 cm³/mol. The lowest BCUT2D eigenvalue weighted by atomic mass is 10.0. The Bertz CT molecular complexity index is 1440. The first-order valence-electron chi connectivity index (χ1n) is 10.8. The van der Waals surface area contributed by atoms with Gasteiger partial charge in [0.05, 0.1) is 27.4 Å². The lowest BCUT2D eigenvalue weighted by molar-refractivity contribution is 0.102. The van der Waals surface area contributed by atoms with Gasteiger partial charge in [0.25, 0.3) is 5.91 Å². The number of benzene rings is 2. The molecule has 164 valence electrons. The van der Waals surface area contributed by atoms with Crippen LogP contribution in [-0.2, 0) is 12.8 Å². The number of halogens is 2. The van der Waals surface area contributed by atoms with Crippen LogP contribution in [0.1, 0.15) is 45.6 Å². The van der Waals surface area contributed by atoms with Crippen molar-refractivity contribution < 1.29 is 4.79 Å². The van der Waals surface area contributed by atoms with Gasteiger partial charge < -0.3 is 5.32 Å². The van der Waals surface area contributed by atoms with Gasteiger partial charge in [-0.3, -0.25) is 4.79 Å². The molecular formula is C26H19Cl2N3OS. The van der Waals surface area contributed by atoms with E-state index in [0.29, 0.717) is 42.9 Å². The molecule has 0 spiro atoms. The van der Waals surface area contributed by atoms with Crippen molar-refractivity contribution in [2.75, 3.05) is 5.32 Å². The number of nitrogens with zero attached hydrogens (tertiary/aromatic N) is 2. The zero-order chi connectivity index (χ0) is 22.9. The standard InChI is InChI=1S/C26H19Cl2N3OS/c27-15-10-11-18(21(28)12-15)23-13-19(16-6-4-5-8-22(16)30-23)25(32)31-26-20(14-29)17-7-2-1-3-9-24(17)33-26/h4-6,8,10-13H,1-3,7,9H2,(H,31,32). The Labute approximate surface area is 205 Å². The number of aryl methyl sites for hydroxylation is 1. The number of rotatable bonds is 3. The number of nitriles is 1. The molecule has 1 aliphatic carbocycles. The van der Waals surface area contributed by atoms with Gasteiger partial charge in [-0.25, -0.2) is 4.98 Å². The number of aromatic nitrogens is 1. The van der Waals surface area contributed by atoms with Crippen LogP contribution in [0.15, 0.2) is 48.5 Å². The first kappa shape index (κ1) is 21.9. The summed E-state index contributed by atoms with van der Waals surface area (Å²) < 4.78 is 0. The first-order valence-corrected chi connectivity index (χ1v) is 12.3. The maximum atomic E-state index is 13.5. The van der Waals surface area contributed by atoms with Crippen molar-refractivity contribution in [2.24, 2.45) is 0 Å². The Morgan fingerprint density at radius 3 is 2.70 bits per heavy atom. The third-order valence-electron chi connectivity index (χ3n) is 5.93. The highest BCUT2D eigenvalue weighted by Gasteiger charge is 2.22. The van der Waals surface area contributed by atoms with Crippen molar-refractivity contribution in [2.45, 2.75) is 32.1 Å². The smallest absolute Gasteiger partial charge is 0.257 e. The zero-order valence-electron chi connectivity index (χ0n) is 17.6. The Hall–Kier alpha value is -2.91. The molecule has 0 bridgehead atoms. The number of thiophene rings is 1. The van der Waals surface area contributed by atoms with E-state index in [1.165, 1.54) is 22.6 Å². The largest absolute Gasteiger partial charge is 0.312 e. The molecule has 2 heterocycles. The quantitative estimate of drug-likeness (QED) is 0.299. The third-order valence-corrected chi connectivity index (χ3v) is 7.68. The van der Waals surface area contributed by atoms with Gasteiger partial charge in [0.1, 0.15) is 11.1 Å². The zero-order valence-corrected chi connectivity index (χ0v) is 19.9. The topological polar surface area (TPSA) is 65.8 Å². The predicted octanol–water partition coefficient (Wildman–Crippen LogP) is 7.66. The van der Waals surface area contributed by atoms with Gasteiger partial charge in [0, 0.05) is 20.8 Å². The molecule has 0 aliphatic heterocycles. The van der Waals surface area contributed by atoms with Crippen LogP contribution in [0.2, 0.25) is 10.0 Å². The summed E-state index contributed by atoms with van der Waals surface area (Å²) in [4.78, 5) is 19.4. The molecule has 0 fully saturated rings. The normalized spacial score (nSPS) is 13.2. The fourth-order valence-electron chi connectivity index (χ4n) is 4.32. The number of amides is 1. The van der Waals surface area contributed by atoms with Crippen molar-refractivity contribution in [3.8, 4) is 17.3 Å². The van der Waals surface area contributed by atoms with E-state index in [4.69, 9.17) is 28.2 Å². The molecule has 1 aliphatic rings. The molecule has 0 unspecified atom stereocenters. The SMILES string of the molecule is N#Cc1c(NC(=O)c2cc(-c3ccc(Cl)cc3Cl)nc3ccccc23)sc2c1CCCCC2. The molecule has 4 aromatic rings. The minimum atomic E-state index is -0.271. The number of anilines is 1. The monoisotopic (exact) mass is 491 g/mol. The molecular weight excluding hydrogens is 473 g/mol. The minimum absolute atomic E-state index is 0.271. The summed E-state index contributed by atoms with van der Waals surface area (Å²) in [5.74, 6) is -0.271. The van der Waals surface area contributed by atoms with Crippen molar-refractivity contribution >= 4 is 56.3 Å². The fourth-order valence-corrected chi connectivity index (χ4v) is 6.06. The number of para-hydroxylation sites is 1. The highest BCUT2D eigenvalue weighted by atomic mass is 35.5. The van der Waals surface area contributed by atoms with E-state index in [9.17, 15) is 10.1 Å². The molecule has 2 aromatic heterocycles. The molecule has 0 saturated carbocycles. The van der Waals surface area contributed by atoms with Crippen molar-refractivity contribution in [3.05, 3.63) is 80.1 Å². The van der Waals surface area contributed by atoms with Gasteiger partial charge in [-0.1, -0.05) is 47.8 Å². The Balaban J connectivity index is 1.59. The molecule has 7 heteroatoms. The van der Waals surface area contributed by atoms with Gasteiger partial charge in [-0.2, -0.15) is 5.26 Å².